The number of hydrogen-bond acceptors (Lipinski definition) is 3. The summed E-state index contributed by atoms with van der Waals surface area (Å²) in [5.74, 6) is 0. The van der Waals surface area contributed by atoms with E-state index < -0.39 is 0 Å². The first kappa shape index (κ1) is 12.5. The Bertz CT molecular complexity index is 335. The van der Waals surface area contributed by atoms with Crippen LogP contribution in [0.25, 0.3) is 0 Å². The highest BCUT2D eigenvalue weighted by molar-refractivity contribution is 5.02. The molecule has 1 fully saturated rings. The number of nitrogens with zero attached hydrogens (tertiary/aromatic N) is 2. The topological polar surface area (TPSA) is 28.2 Å². The highest BCUT2D eigenvalue weighted by atomic mass is 15.2. The van der Waals surface area contributed by atoms with E-state index in [0.29, 0.717) is 5.41 Å². The van der Waals surface area contributed by atoms with Gasteiger partial charge in [-0.15, -0.1) is 0 Å². The van der Waals surface area contributed by atoms with Crippen LogP contribution in [0.1, 0.15) is 26.0 Å². The molecule has 0 amide bonds. The molecule has 1 aromatic heterocycles. The van der Waals surface area contributed by atoms with Gasteiger partial charge in [0.05, 0.1) is 5.69 Å². The van der Waals surface area contributed by atoms with Gasteiger partial charge in [-0.1, -0.05) is 19.9 Å². The fourth-order valence-corrected chi connectivity index (χ4v) is 2.37. The molecule has 1 aromatic rings. The van der Waals surface area contributed by atoms with Crippen LogP contribution < -0.4 is 5.32 Å². The van der Waals surface area contributed by atoms with E-state index >= 15 is 0 Å². The molecule has 0 spiro atoms. The van der Waals surface area contributed by atoms with Crippen LogP contribution in [0, 0.1) is 5.41 Å². The standard InChI is InChI=1S/C14H23N3/c1-14(2)6-9-17(12-14)10-8-15-11-13-5-3-4-7-16-13/h3-5,7,15H,6,8-12H2,1-2H3. The molecule has 3 heteroatoms. The Balaban J connectivity index is 1.61. The lowest BCUT2D eigenvalue weighted by Crippen LogP contribution is -2.31. The van der Waals surface area contributed by atoms with Crippen LogP contribution in [0.5, 0.6) is 0 Å². The highest BCUT2D eigenvalue weighted by Crippen LogP contribution is 2.28. The monoisotopic (exact) mass is 233 g/mol. The van der Waals surface area contributed by atoms with Crippen molar-refractivity contribution in [2.75, 3.05) is 26.2 Å². The molecular weight excluding hydrogens is 210 g/mol. The quantitative estimate of drug-likeness (QED) is 0.787. The van der Waals surface area contributed by atoms with Crippen LogP contribution in [0.4, 0.5) is 0 Å². The third-order valence-electron chi connectivity index (χ3n) is 3.39. The Hall–Kier alpha value is -0.930. The van der Waals surface area contributed by atoms with Crippen LogP contribution in [0.15, 0.2) is 24.4 Å². The van der Waals surface area contributed by atoms with Gasteiger partial charge in [-0.2, -0.15) is 0 Å². The lowest BCUT2D eigenvalue weighted by atomic mass is 9.93. The van der Waals surface area contributed by atoms with Crippen LogP contribution >= 0.6 is 0 Å². The fraction of sp³-hybridized carbons (Fsp3) is 0.643. The minimum atomic E-state index is 0.515. The number of likely N-dealkylation sites (tertiary alicyclic amines) is 1. The van der Waals surface area contributed by atoms with Gasteiger partial charge in [-0.05, 0) is 30.5 Å². The number of pyridine rings is 1. The third kappa shape index (κ3) is 4.10. The second kappa shape index (κ2) is 5.61. The predicted molar refractivity (Wildman–Crippen MR) is 70.8 cm³/mol. The van der Waals surface area contributed by atoms with E-state index in [1.54, 1.807) is 0 Å². The largest absolute Gasteiger partial charge is 0.310 e. The van der Waals surface area contributed by atoms with Gasteiger partial charge in [-0.25, -0.2) is 0 Å². The Morgan fingerprint density at radius 3 is 2.94 bits per heavy atom. The van der Waals surface area contributed by atoms with Crippen LogP contribution in [0.3, 0.4) is 0 Å². The Kier molecular flexibility index (Phi) is 4.13. The van der Waals surface area contributed by atoms with Crippen molar-refractivity contribution >= 4 is 0 Å². The van der Waals surface area contributed by atoms with E-state index in [0.717, 1.165) is 25.3 Å². The highest BCUT2D eigenvalue weighted by Gasteiger charge is 2.28. The molecule has 3 nitrogen and oxygen atoms in total. The Morgan fingerprint density at radius 2 is 2.29 bits per heavy atom. The summed E-state index contributed by atoms with van der Waals surface area (Å²) in [6.45, 7) is 10.3. The zero-order valence-electron chi connectivity index (χ0n) is 10.9. The maximum Gasteiger partial charge on any atom is 0.0541 e. The van der Waals surface area contributed by atoms with Gasteiger partial charge in [0.1, 0.15) is 0 Å². The van der Waals surface area contributed by atoms with Gasteiger partial charge in [0.25, 0.3) is 0 Å². The van der Waals surface area contributed by atoms with Crippen molar-refractivity contribution in [1.29, 1.82) is 0 Å². The van der Waals surface area contributed by atoms with Crippen LogP contribution in [0.2, 0.25) is 0 Å². The lowest BCUT2D eigenvalue weighted by molar-refractivity contribution is 0.290. The maximum absolute atomic E-state index is 4.30. The summed E-state index contributed by atoms with van der Waals surface area (Å²) < 4.78 is 0. The molecule has 0 aliphatic carbocycles. The predicted octanol–water partition coefficient (Wildman–Crippen LogP) is 1.90. The number of hydrogen-bond donors (Lipinski definition) is 1. The molecule has 0 bridgehead atoms. The van der Waals surface area contributed by atoms with E-state index in [1.165, 1.54) is 19.5 Å². The zero-order chi connectivity index (χ0) is 12.1. The van der Waals surface area contributed by atoms with Gasteiger partial charge in [-0.3, -0.25) is 4.98 Å². The molecule has 0 atom stereocenters. The number of nitrogens with one attached hydrogen (secondary N) is 1. The molecule has 2 heterocycles. The second-order valence-corrected chi connectivity index (χ2v) is 5.69. The normalized spacial score (nSPS) is 19.6. The lowest BCUT2D eigenvalue weighted by Gasteiger charge is -2.19. The average molecular weight is 233 g/mol. The summed E-state index contributed by atoms with van der Waals surface area (Å²) in [5, 5.41) is 3.45. The van der Waals surface area contributed by atoms with Gasteiger partial charge in [0.2, 0.25) is 0 Å². The number of aromatic nitrogens is 1. The first-order chi connectivity index (χ1) is 8.16. The molecular formula is C14H23N3. The zero-order valence-corrected chi connectivity index (χ0v) is 10.9. The third-order valence-corrected chi connectivity index (χ3v) is 3.39. The molecule has 94 valence electrons. The van der Waals surface area contributed by atoms with Gasteiger partial charge in [0, 0.05) is 32.4 Å². The summed E-state index contributed by atoms with van der Waals surface area (Å²) in [5.41, 5.74) is 1.63. The molecule has 17 heavy (non-hydrogen) atoms. The summed E-state index contributed by atoms with van der Waals surface area (Å²) >= 11 is 0. The van der Waals surface area contributed by atoms with Gasteiger partial charge in [0.15, 0.2) is 0 Å². The Labute approximate surface area is 104 Å². The van der Waals surface area contributed by atoms with Crippen LogP contribution in [-0.4, -0.2) is 36.1 Å². The van der Waals surface area contributed by atoms with E-state index in [2.05, 4.69) is 35.1 Å². The van der Waals surface area contributed by atoms with Crippen molar-refractivity contribution in [2.45, 2.75) is 26.8 Å². The van der Waals surface area contributed by atoms with E-state index in [4.69, 9.17) is 0 Å². The smallest absolute Gasteiger partial charge is 0.0541 e. The van der Waals surface area contributed by atoms with E-state index in [-0.39, 0.29) is 0 Å². The van der Waals surface area contributed by atoms with E-state index in [9.17, 15) is 0 Å². The van der Waals surface area contributed by atoms with Gasteiger partial charge >= 0.3 is 0 Å². The summed E-state index contributed by atoms with van der Waals surface area (Å²) in [6, 6.07) is 6.05. The van der Waals surface area contributed by atoms with Gasteiger partial charge < -0.3 is 10.2 Å². The molecule has 1 aliphatic rings. The molecule has 2 rings (SSSR count). The molecule has 1 saturated heterocycles. The maximum atomic E-state index is 4.30. The molecule has 0 unspecified atom stereocenters. The molecule has 0 radical (unpaired) electrons. The number of rotatable bonds is 5. The minimum absolute atomic E-state index is 0.515. The van der Waals surface area contributed by atoms with Crippen molar-refractivity contribution in [3.8, 4) is 0 Å². The average Bonchev–Trinajstić information content (AvgIpc) is 2.66. The Morgan fingerprint density at radius 1 is 1.41 bits per heavy atom. The summed E-state index contributed by atoms with van der Waals surface area (Å²) in [7, 11) is 0. The summed E-state index contributed by atoms with van der Waals surface area (Å²) in [4.78, 5) is 6.84. The first-order valence-electron chi connectivity index (χ1n) is 6.49. The fourth-order valence-electron chi connectivity index (χ4n) is 2.37. The van der Waals surface area contributed by atoms with Crippen molar-refractivity contribution in [3.05, 3.63) is 30.1 Å². The molecule has 1 aliphatic heterocycles. The van der Waals surface area contributed by atoms with Crippen molar-refractivity contribution in [2.24, 2.45) is 5.41 Å². The van der Waals surface area contributed by atoms with E-state index in [1.807, 2.05) is 18.3 Å². The summed E-state index contributed by atoms with van der Waals surface area (Å²) in [6.07, 6.45) is 3.17. The second-order valence-electron chi connectivity index (χ2n) is 5.69. The molecule has 0 saturated carbocycles. The molecule has 0 aromatic carbocycles. The first-order valence-corrected chi connectivity index (χ1v) is 6.49. The molecule has 1 N–H and O–H groups in total. The SMILES string of the molecule is CC1(C)CCN(CCNCc2ccccn2)C1. The van der Waals surface area contributed by atoms with Crippen molar-refractivity contribution in [1.82, 2.24) is 15.2 Å². The minimum Gasteiger partial charge on any atom is -0.310 e. The van der Waals surface area contributed by atoms with Crippen molar-refractivity contribution < 1.29 is 0 Å². The van der Waals surface area contributed by atoms with Crippen molar-refractivity contribution in [3.63, 3.8) is 0 Å². The van der Waals surface area contributed by atoms with Crippen LogP contribution in [-0.2, 0) is 6.54 Å².